The second-order valence-electron chi connectivity index (χ2n) is 6.83. The van der Waals surface area contributed by atoms with Crippen LogP contribution in [-0.4, -0.2) is 56.0 Å². The van der Waals surface area contributed by atoms with Crippen molar-refractivity contribution in [3.05, 3.63) is 0 Å². The highest BCUT2D eigenvalue weighted by atomic mass is 16.6. The summed E-state index contributed by atoms with van der Waals surface area (Å²) in [5.74, 6) is -0.965. The van der Waals surface area contributed by atoms with Crippen LogP contribution in [0, 0.1) is 0 Å². The van der Waals surface area contributed by atoms with Crippen molar-refractivity contribution in [2.45, 2.75) is 64.7 Å². The number of esters is 1. The van der Waals surface area contributed by atoms with Crippen LogP contribution >= 0.6 is 0 Å². The van der Waals surface area contributed by atoms with Crippen molar-refractivity contribution in [2.75, 3.05) is 20.8 Å². The standard InChI is InChI=1S/C16H30N2O6/c1-15(2,3)24-14(21)17-10-8-9-11(12(19)22-6)18-13(20)16(4,5)23-7/h11H,8-10H2,1-7H3,(H,17,21)(H,18,20). The highest BCUT2D eigenvalue weighted by molar-refractivity contribution is 5.89. The van der Waals surface area contributed by atoms with E-state index in [4.69, 9.17) is 14.2 Å². The topological polar surface area (TPSA) is 103 Å². The van der Waals surface area contributed by atoms with Crippen molar-refractivity contribution in [1.29, 1.82) is 0 Å². The fourth-order valence-corrected chi connectivity index (χ4v) is 1.63. The first-order chi connectivity index (χ1) is 10.9. The summed E-state index contributed by atoms with van der Waals surface area (Å²) >= 11 is 0. The molecule has 0 aliphatic heterocycles. The number of carbonyl (C=O) groups excluding carboxylic acids is 3. The van der Waals surface area contributed by atoms with Crippen molar-refractivity contribution in [1.82, 2.24) is 10.6 Å². The van der Waals surface area contributed by atoms with Gasteiger partial charge in [0.15, 0.2) is 0 Å². The summed E-state index contributed by atoms with van der Waals surface area (Å²) in [6, 6.07) is -0.808. The van der Waals surface area contributed by atoms with Gasteiger partial charge in [-0.05, 0) is 47.5 Å². The highest BCUT2D eigenvalue weighted by Crippen LogP contribution is 2.10. The van der Waals surface area contributed by atoms with Crippen LogP contribution in [-0.2, 0) is 23.8 Å². The fourth-order valence-electron chi connectivity index (χ4n) is 1.63. The number of methoxy groups -OCH3 is 2. The molecule has 2 amide bonds. The van der Waals surface area contributed by atoms with Gasteiger partial charge < -0.3 is 24.8 Å². The molecular formula is C16H30N2O6. The Morgan fingerprint density at radius 2 is 1.62 bits per heavy atom. The lowest BCUT2D eigenvalue weighted by Gasteiger charge is -2.25. The van der Waals surface area contributed by atoms with E-state index in [9.17, 15) is 14.4 Å². The Morgan fingerprint density at radius 3 is 2.08 bits per heavy atom. The first-order valence-electron chi connectivity index (χ1n) is 7.83. The van der Waals surface area contributed by atoms with Gasteiger partial charge in [0, 0.05) is 13.7 Å². The van der Waals surface area contributed by atoms with Crippen LogP contribution in [0.25, 0.3) is 0 Å². The molecule has 2 N–H and O–H groups in total. The molecule has 140 valence electrons. The maximum absolute atomic E-state index is 12.1. The Kier molecular flexibility index (Phi) is 8.74. The number of rotatable bonds is 8. The van der Waals surface area contributed by atoms with Crippen molar-refractivity contribution < 1.29 is 28.6 Å². The first kappa shape index (κ1) is 22.2. The summed E-state index contributed by atoms with van der Waals surface area (Å²) in [6.45, 7) is 8.82. The molecule has 8 nitrogen and oxygen atoms in total. The second kappa shape index (κ2) is 9.46. The Hall–Kier alpha value is -1.83. The predicted molar refractivity (Wildman–Crippen MR) is 88.5 cm³/mol. The Morgan fingerprint density at radius 1 is 1.04 bits per heavy atom. The van der Waals surface area contributed by atoms with E-state index in [0.29, 0.717) is 19.4 Å². The van der Waals surface area contributed by atoms with Crippen LogP contribution in [0.3, 0.4) is 0 Å². The van der Waals surface area contributed by atoms with Crippen LogP contribution in [0.5, 0.6) is 0 Å². The van der Waals surface area contributed by atoms with Crippen LogP contribution in [0.2, 0.25) is 0 Å². The SMILES string of the molecule is COC(=O)C(CCCNC(=O)OC(C)(C)C)NC(=O)C(C)(C)OC. The molecule has 0 saturated heterocycles. The number of amides is 2. The second-order valence-corrected chi connectivity index (χ2v) is 6.83. The van der Waals surface area contributed by atoms with Crippen molar-refractivity contribution in [3.8, 4) is 0 Å². The molecule has 0 fully saturated rings. The third kappa shape index (κ3) is 8.71. The van der Waals surface area contributed by atoms with Gasteiger partial charge in [0.2, 0.25) is 0 Å². The summed E-state index contributed by atoms with van der Waals surface area (Å²) < 4.78 is 14.9. The molecule has 0 spiro atoms. The average Bonchev–Trinajstić information content (AvgIpc) is 2.47. The molecule has 0 rings (SSSR count). The van der Waals surface area contributed by atoms with Gasteiger partial charge in [0.05, 0.1) is 7.11 Å². The zero-order valence-corrected chi connectivity index (χ0v) is 15.6. The number of hydrogen-bond acceptors (Lipinski definition) is 6. The van der Waals surface area contributed by atoms with Crippen molar-refractivity contribution in [3.63, 3.8) is 0 Å². The maximum Gasteiger partial charge on any atom is 0.407 e. The molecule has 0 aromatic rings. The Labute approximate surface area is 143 Å². The third-order valence-electron chi connectivity index (χ3n) is 3.19. The fraction of sp³-hybridized carbons (Fsp3) is 0.812. The molecular weight excluding hydrogens is 316 g/mol. The number of nitrogens with one attached hydrogen (secondary N) is 2. The summed E-state index contributed by atoms with van der Waals surface area (Å²) in [7, 11) is 2.67. The monoisotopic (exact) mass is 346 g/mol. The first-order valence-corrected chi connectivity index (χ1v) is 7.83. The van der Waals surface area contributed by atoms with Gasteiger partial charge in [-0.25, -0.2) is 9.59 Å². The zero-order valence-electron chi connectivity index (χ0n) is 15.6. The van der Waals surface area contributed by atoms with Gasteiger partial charge in [-0.2, -0.15) is 0 Å². The molecule has 0 radical (unpaired) electrons. The van der Waals surface area contributed by atoms with Gasteiger partial charge in [0.25, 0.3) is 5.91 Å². The van der Waals surface area contributed by atoms with E-state index in [1.165, 1.54) is 14.2 Å². The van der Waals surface area contributed by atoms with E-state index >= 15 is 0 Å². The third-order valence-corrected chi connectivity index (χ3v) is 3.19. The summed E-state index contributed by atoms with van der Waals surface area (Å²) in [5.41, 5.74) is -1.63. The van der Waals surface area contributed by atoms with Crippen molar-refractivity contribution >= 4 is 18.0 Å². The largest absolute Gasteiger partial charge is 0.467 e. The molecule has 0 aliphatic rings. The average molecular weight is 346 g/mol. The minimum absolute atomic E-state index is 0.311. The van der Waals surface area contributed by atoms with Gasteiger partial charge in [-0.3, -0.25) is 4.79 Å². The molecule has 24 heavy (non-hydrogen) atoms. The molecule has 0 heterocycles. The van der Waals surface area contributed by atoms with Crippen molar-refractivity contribution in [2.24, 2.45) is 0 Å². The summed E-state index contributed by atoms with van der Waals surface area (Å²) in [5, 5.41) is 5.20. The quantitative estimate of drug-likeness (QED) is 0.508. The summed E-state index contributed by atoms with van der Waals surface area (Å²) in [6.07, 6.45) is 0.252. The van der Waals surface area contributed by atoms with Crippen LogP contribution in [0.15, 0.2) is 0 Å². The maximum atomic E-state index is 12.1. The van der Waals surface area contributed by atoms with Gasteiger partial charge in [-0.15, -0.1) is 0 Å². The van der Waals surface area contributed by atoms with Crippen LogP contribution in [0.1, 0.15) is 47.5 Å². The van der Waals surface area contributed by atoms with E-state index in [1.54, 1.807) is 34.6 Å². The van der Waals surface area contributed by atoms with E-state index in [0.717, 1.165) is 0 Å². The van der Waals surface area contributed by atoms with E-state index in [2.05, 4.69) is 10.6 Å². The molecule has 0 bridgehead atoms. The molecule has 8 heteroatoms. The number of carbonyl (C=O) groups is 3. The van der Waals surface area contributed by atoms with E-state index in [1.807, 2.05) is 0 Å². The Bertz CT molecular complexity index is 442. The lowest BCUT2D eigenvalue weighted by atomic mass is 10.1. The normalized spacial score (nSPS) is 13.0. The number of alkyl carbamates (subject to hydrolysis) is 1. The van der Waals surface area contributed by atoms with E-state index in [-0.39, 0.29) is 0 Å². The molecule has 1 unspecified atom stereocenters. The molecule has 0 aromatic heterocycles. The minimum atomic E-state index is -1.05. The summed E-state index contributed by atoms with van der Waals surface area (Å²) in [4.78, 5) is 35.4. The minimum Gasteiger partial charge on any atom is -0.467 e. The lowest BCUT2D eigenvalue weighted by molar-refractivity contribution is -0.149. The van der Waals surface area contributed by atoms with Crippen LogP contribution in [0.4, 0.5) is 4.79 Å². The highest BCUT2D eigenvalue weighted by Gasteiger charge is 2.31. The lowest BCUT2D eigenvalue weighted by Crippen LogP contribution is -2.50. The Balaban J connectivity index is 4.44. The molecule has 0 saturated carbocycles. The predicted octanol–water partition coefficient (Wildman–Crippen LogP) is 1.37. The molecule has 0 aromatic carbocycles. The molecule has 0 aliphatic carbocycles. The van der Waals surface area contributed by atoms with Gasteiger partial charge >= 0.3 is 12.1 Å². The zero-order chi connectivity index (χ0) is 19.0. The number of hydrogen-bond donors (Lipinski definition) is 2. The van der Waals surface area contributed by atoms with Gasteiger partial charge in [-0.1, -0.05) is 0 Å². The van der Waals surface area contributed by atoms with Crippen LogP contribution < -0.4 is 10.6 Å². The van der Waals surface area contributed by atoms with E-state index < -0.39 is 35.2 Å². The van der Waals surface area contributed by atoms with Gasteiger partial charge in [0.1, 0.15) is 17.2 Å². The molecule has 1 atom stereocenters. The number of ether oxygens (including phenoxy) is 3. The smallest absolute Gasteiger partial charge is 0.407 e.